The quantitative estimate of drug-likeness (QED) is 0.548. The first-order valence-corrected chi connectivity index (χ1v) is 10.3. The molecule has 1 fully saturated rings. The molecule has 0 bridgehead atoms. The normalized spacial score (nSPS) is 30.2. The topological polar surface area (TPSA) is 99.4 Å². The third kappa shape index (κ3) is 4.09. The van der Waals surface area contributed by atoms with E-state index in [1.54, 1.807) is 36.4 Å². The van der Waals surface area contributed by atoms with E-state index in [0.717, 1.165) is 5.56 Å². The molecule has 0 aliphatic carbocycles. The average Bonchev–Trinajstić information content (AvgIpc) is 3.08. The predicted molar refractivity (Wildman–Crippen MR) is 107 cm³/mol. The van der Waals surface area contributed by atoms with Crippen molar-refractivity contribution in [1.29, 1.82) is 0 Å². The molecule has 9 heteroatoms. The number of benzene rings is 2. The van der Waals surface area contributed by atoms with Crippen molar-refractivity contribution >= 4 is 11.6 Å². The number of rotatable bonds is 5. The number of fused-ring (bicyclic) bond motifs is 2. The van der Waals surface area contributed by atoms with E-state index in [4.69, 9.17) is 21.1 Å². The van der Waals surface area contributed by atoms with Gasteiger partial charge in [0.15, 0.2) is 0 Å². The van der Waals surface area contributed by atoms with Crippen LogP contribution in [0.25, 0.3) is 0 Å². The number of hydrogen-bond donors (Lipinski definition) is 4. The van der Waals surface area contributed by atoms with Crippen LogP contribution in [0.2, 0.25) is 5.02 Å². The molecule has 0 amide bonds. The smallest absolute Gasteiger partial charge is 0.242 e. The molecule has 168 valence electrons. The van der Waals surface area contributed by atoms with Crippen molar-refractivity contribution in [2.24, 2.45) is 0 Å². The van der Waals surface area contributed by atoms with Gasteiger partial charge in [0.05, 0.1) is 13.2 Å². The molecule has 4 N–H and O–H groups in total. The standard InChI is InChI=1S/C22H23ClF2O6/c23-16-8-14-10-30-22(21(29)20(28)19(27)17(9-26)31-22)15(14)7-13(16)5-11-1-3-12(4-2-11)6-18(24)25/h1-4,7-8,17-21,26-29H,5-6,9-10H2/t17-,19-,20+,21-,22?/m1/s1. The maximum atomic E-state index is 12.5. The van der Waals surface area contributed by atoms with Gasteiger partial charge in [-0.3, -0.25) is 0 Å². The summed E-state index contributed by atoms with van der Waals surface area (Å²) in [6.07, 6.45) is -8.13. The SMILES string of the molecule is OC[C@H]1OC2(OCc3cc(Cl)c(Cc4ccc(CC(F)F)cc4)cc32)[C@H](O)[C@@H](O)[C@@H]1O. The van der Waals surface area contributed by atoms with Gasteiger partial charge in [-0.25, -0.2) is 8.78 Å². The zero-order chi connectivity index (χ0) is 22.3. The Kier molecular flexibility index (Phi) is 6.33. The fourth-order valence-corrected chi connectivity index (χ4v) is 4.43. The van der Waals surface area contributed by atoms with E-state index < -0.39 is 43.2 Å². The largest absolute Gasteiger partial charge is 0.394 e. The van der Waals surface area contributed by atoms with Crippen LogP contribution in [0.15, 0.2) is 36.4 Å². The average molecular weight is 457 g/mol. The van der Waals surface area contributed by atoms with Crippen LogP contribution in [0, 0.1) is 0 Å². The number of halogens is 3. The first-order valence-electron chi connectivity index (χ1n) is 9.89. The molecule has 4 rings (SSSR count). The fourth-order valence-electron chi connectivity index (χ4n) is 4.18. The highest BCUT2D eigenvalue weighted by Gasteiger charge is 2.58. The Morgan fingerprint density at radius 3 is 2.39 bits per heavy atom. The van der Waals surface area contributed by atoms with Crippen molar-refractivity contribution in [3.05, 3.63) is 69.2 Å². The van der Waals surface area contributed by atoms with Crippen molar-refractivity contribution < 1.29 is 38.7 Å². The summed E-state index contributed by atoms with van der Waals surface area (Å²) in [6, 6.07) is 10.2. The monoisotopic (exact) mass is 456 g/mol. The van der Waals surface area contributed by atoms with E-state index in [9.17, 15) is 29.2 Å². The maximum absolute atomic E-state index is 12.5. The molecular formula is C22H23ClF2O6. The van der Waals surface area contributed by atoms with Crippen LogP contribution in [0.3, 0.4) is 0 Å². The van der Waals surface area contributed by atoms with Crippen LogP contribution < -0.4 is 0 Å². The van der Waals surface area contributed by atoms with Crippen LogP contribution in [-0.2, 0) is 34.7 Å². The molecule has 1 unspecified atom stereocenters. The minimum Gasteiger partial charge on any atom is -0.394 e. The van der Waals surface area contributed by atoms with E-state index in [-0.39, 0.29) is 13.0 Å². The molecule has 2 aromatic carbocycles. The number of hydrogen-bond acceptors (Lipinski definition) is 6. The van der Waals surface area contributed by atoms with Crippen molar-refractivity contribution in [2.45, 2.75) is 56.1 Å². The van der Waals surface area contributed by atoms with Crippen LogP contribution in [0.5, 0.6) is 0 Å². The second-order valence-corrected chi connectivity index (χ2v) is 8.32. The summed E-state index contributed by atoms with van der Waals surface area (Å²) < 4.78 is 36.6. The van der Waals surface area contributed by atoms with Gasteiger partial charge in [-0.2, -0.15) is 0 Å². The van der Waals surface area contributed by atoms with Gasteiger partial charge in [0, 0.05) is 17.0 Å². The molecule has 31 heavy (non-hydrogen) atoms. The summed E-state index contributed by atoms with van der Waals surface area (Å²) in [5.74, 6) is -1.75. The Morgan fingerprint density at radius 1 is 1.06 bits per heavy atom. The summed E-state index contributed by atoms with van der Waals surface area (Å²) in [6.45, 7) is -0.507. The van der Waals surface area contributed by atoms with Gasteiger partial charge >= 0.3 is 0 Å². The van der Waals surface area contributed by atoms with Gasteiger partial charge in [-0.05, 0) is 40.8 Å². The van der Waals surface area contributed by atoms with Crippen LogP contribution in [-0.4, -0.2) is 57.9 Å². The van der Waals surface area contributed by atoms with Crippen LogP contribution in [0.1, 0.15) is 27.8 Å². The zero-order valence-corrected chi connectivity index (χ0v) is 17.2. The number of aliphatic hydroxyl groups excluding tert-OH is 4. The Morgan fingerprint density at radius 2 is 1.74 bits per heavy atom. The Labute approximate surface area is 182 Å². The molecule has 0 saturated carbocycles. The molecule has 2 heterocycles. The van der Waals surface area contributed by atoms with E-state index in [0.29, 0.717) is 33.7 Å². The van der Waals surface area contributed by atoms with Gasteiger partial charge in [-0.15, -0.1) is 0 Å². The Balaban J connectivity index is 1.65. The van der Waals surface area contributed by atoms with E-state index in [1.165, 1.54) is 0 Å². The van der Waals surface area contributed by atoms with E-state index >= 15 is 0 Å². The first-order chi connectivity index (χ1) is 14.7. The predicted octanol–water partition coefficient (Wildman–Crippen LogP) is 1.90. The number of alkyl halides is 2. The Bertz CT molecular complexity index is 938. The van der Waals surface area contributed by atoms with Crippen molar-refractivity contribution in [3.63, 3.8) is 0 Å². The lowest BCUT2D eigenvalue weighted by molar-refractivity contribution is -0.368. The third-order valence-electron chi connectivity index (χ3n) is 5.85. The molecule has 1 saturated heterocycles. The van der Waals surface area contributed by atoms with Gasteiger partial charge in [0.25, 0.3) is 0 Å². The minimum absolute atomic E-state index is 0.0652. The molecule has 0 aromatic heterocycles. The summed E-state index contributed by atoms with van der Waals surface area (Å²) in [5.41, 5.74) is 3.18. The lowest BCUT2D eigenvalue weighted by atomic mass is 9.86. The molecule has 1 spiro atoms. The second kappa shape index (κ2) is 8.71. The van der Waals surface area contributed by atoms with Crippen molar-refractivity contribution in [2.75, 3.05) is 6.61 Å². The lowest BCUT2D eigenvalue weighted by Gasteiger charge is -2.46. The summed E-state index contributed by atoms with van der Waals surface area (Å²) >= 11 is 6.44. The maximum Gasteiger partial charge on any atom is 0.242 e. The van der Waals surface area contributed by atoms with Crippen LogP contribution >= 0.6 is 11.6 Å². The van der Waals surface area contributed by atoms with Gasteiger partial charge in [0.2, 0.25) is 12.2 Å². The summed E-state index contributed by atoms with van der Waals surface area (Å²) in [7, 11) is 0. The first kappa shape index (κ1) is 22.5. The van der Waals surface area contributed by atoms with Crippen LogP contribution in [0.4, 0.5) is 8.78 Å². The molecule has 2 aromatic rings. The number of aliphatic hydroxyl groups is 4. The fraction of sp³-hybridized carbons (Fsp3) is 0.455. The molecular weight excluding hydrogens is 434 g/mol. The highest BCUT2D eigenvalue weighted by molar-refractivity contribution is 6.31. The molecule has 0 radical (unpaired) electrons. The third-order valence-corrected chi connectivity index (χ3v) is 6.20. The molecule has 5 atom stereocenters. The molecule has 2 aliphatic heterocycles. The van der Waals surface area contributed by atoms with Gasteiger partial charge in [-0.1, -0.05) is 35.9 Å². The Hall–Kier alpha value is -1.65. The number of ether oxygens (including phenoxy) is 2. The van der Waals surface area contributed by atoms with Crippen molar-refractivity contribution in [3.8, 4) is 0 Å². The summed E-state index contributed by atoms with van der Waals surface area (Å²) in [4.78, 5) is 0. The highest BCUT2D eigenvalue weighted by Crippen LogP contribution is 2.47. The second-order valence-electron chi connectivity index (χ2n) is 7.91. The minimum atomic E-state index is -2.41. The zero-order valence-electron chi connectivity index (χ0n) is 16.4. The molecule has 2 aliphatic rings. The lowest BCUT2D eigenvalue weighted by Crippen LogP contribution is -2.63. The summed E-state index contributed by atoms with van der Waals surface area (Å²) in [5, 5.41) is 41.0. The van der Waals surface area contributed by atoms with Crippen molar-refractivity contribution in [1.82, 2.24) is 0 Å². The van der Waals surface area contributed by atoms with Gasteiger partial charge in [0.1, 0.15) is 24.4 Å². The highest BCUT2D eigenvalue weighted by atomic mass is 35.5. The molecule has 6 nitrogen and oxygen atoms in total. The van der Waals surface area contributed by atoms with E-state index in [2.05, 4.69) is 0 Å². The van der Waals surface area contributed by atoms with E-state index in [1.807, 2.05) is 0 Å². The van der Waals surface area contributed by atoms with Gasteiger partial charge < -0.3 is 29.9 Å².